The van der Waals surface area contributed by atoms with Crippen molar-refractivity contribution in [3.63, 3.8) is 0 Å². The molecule has 9 heteroatoms. The van der Waals surface area contributed by atoms with Gasteiger partial charge in [0.25, 0.3) is 5.69 Å². The highest BCUT2D eigenvalue weighted by Gasteiger charge is 2.27. The molecule has 0 aliphatic carbocycles. The van der Waals surface area contributed by atoms with E-state index < -0.39 is 31.6 Å². The number of nitrogens with zero attached hydrogens (tertiary/aromatic N) is 1. The first-order valence-corrected chi connectivity index (χ1v) is 7.40. The molecule has 112 valence electrons. The van der Waals surface area contributed by atoms with Gasteiger partial charge in [-0.2, -0.15) is 0 Å². The molecule has 0 saturated heterocycles. The van der Waals surface area contributed by atoms with E-state index in [4.69, 9.17) is 10.5 Å². The molecular formula is C11H17N3O5S. The summed E-state index contributed by atoms with van der Waals surface area (Å²) in [7, 11) is -4.01. The Hall–Kier alpha value is -1.71. The lowest BCUT2D eigenvalue weighted by Crippen LogP contribution is -2.36. The Labute approximate surface area is 117 Å². The molecule has 0 heterocycles. The monoisotopic (exact) mass is 303 g/mol. The highest BCUT2D eigenvalue weighted by Crippen LogP contribution is 2.25. The molecule has 1 rings (SSSR count). The number of benzene rings is 1. The summed E-state index contributed by atoms with van der Waals surface area (Å²) < 4.78 is 31.7. The van der Waals surface area contributed by atoms with Gasteiger partial charge >= 0.3 is 0 Å². The van der Waals surface area contributed by atoms with E-state index in [1.54, 1.807) is 13.8 Å². The minimum absolute atomic E-state index is 0.123. The summed E-state index contributed by atoms with van der Waals surface area (Å²) in [6, 6.07) is 2.93. The van der Waals surface area contributed by atoms with Crippen LogP contribution in [0.2, 0.25) is 0 Å². The molecule has 0 radical (unpaired) electrons. The molecule has 0 saturated carbocycles. The molecule has 1 aromatic rings. The van der Waals surface area contributed by atoms with Crippen LogP contribution in [0.15, 0.2) is 23.1 Å². The van der Waals surface area contributed by atoms with Crippen LogP contribution < -0.4 is 10.5 Å². The molecule has 0 bridgehead atoms. The third-order valence-electron chi connectivity index (χ3n) is 2.40. The van der Waals surface area contributed by atoms with E-state index in [-0.39, 0.29) is 12.3 Å². The van der Waals surface area contributed by atoms with Crippen molar-refractivity contribution in [2.75, 3.05) is 18.9 Å². The van der Waals surface area contributed by atoms with Gasteiger partial charge in [-0.25, -0.2) is 13.1 Å². The fraction of sp³-hybridized carbons (Fsp3) is 0.455. The maximum absolute atomic E-state index is 12.1. The van der Waals surface area contributed by atoms with Crippen LogP contribution in [0.25, 0.3) is 0 Å². The number of ether oxygens (including phenoxy) is 1. The van der Waals surface area contributed by atoms with Crippen molar-refractivity contribution in [2.24, 2.45) is 0 Å². The Bertz CT molecular complexity index is 588. The molecular weight excluding hydrogens is 286 g/mol. The Morgan fingerprint density at radius 1 is 1.50 bits per heavy atom. The third-order valence-corrected chi connectivity index (χ3v) is 4.03. The van der Waals surface area contributed by atoms with Crippen LogP contribution in [0.5, 0.6) is 0 Å². The Morgan fingerprint density at radius 2 is 2.15 bits per heavy atom. The zero-order valence-corrected chi connectivity index (χ0v) is 12.0. The molecule has 0 spiro atoms. The fourth-order valence-corrected chi connectivity index (χ4v) is 2.94. The highest BCUT2D eigenvalue weighted by molar-refractivity contribution is 7.89. The quantitative estimate of drug-likeness (QED) is 0.437. The van der Waals surface area contributed by atoms with Gasteiger partial charge in [0.05, 0.1) is 11.5 Å². The number of hydrogen-bond donors (Lipinski definition) is 2. The Morgan fingerprint density at radius 3 is 2.70 bits per heavy atom. The number of nitrogen functional groups attached to an aromatic ring is 1. The Balaban J connectivity index is 3.06. The summed E-state index contributed by atoms with van der Waals surface area (Å²) in [4.78, 5) is 9.72. The molecule has 0 aromatic heterocycles. The van der Waals surface area contributed by atoms with Crippen LogP contribution in [0, 0.1) is 10.1 Å². The van der Waals surface area contributed by atoms with Gasteiger partial charge in [-0.3, -0.25) is 10.1 Å². The Kier molecular flexibility index (Phi) is 5.43. The molecule has 8 nitrogen and oxygen atoms in total. The topological polar surface area (TPSA) is 125 Å². The molecule has 3 N–H and O–H groups in total. The fourth-order valence-electron chi connectivity index (χ4n) is 1.56. The standard InChI is InChI=1S/C11H17N3O5S/c1-3-19-7-8(2)13-20(17,18)11-5-4-9(12)6-10(11)14(15)16/h4-6,8,13H,3,7,12H2,1-2H3. The summed E-state index contributed by atoms with van der Waals surface area (Å²) in [5.74, 6) is 0. The largest absolute Gasteiger partial charge is 0.399 e. The van der Waals surface area contributed by atoms with E-state index in [1.807, 2.05) is 0 Å². The SMILES string of the molecule is CCOCC(C)NS(=O)(=O)c1ccc(N)cc1[N+](=O)[O-]. The average Bonchev–Trinajstić information content (AvgIpc) is 2.35. The minimum Gasteiger partial charge on any atom is -0.399 e. The van der Waals surface area contributed by atoms with E-state index >= 15 is 0 Å². The van der Waals surface area contributed by atoms with Crippen molar-refractivity contribution in [2.45, 2.75) is 24.8 Å². The van der Waals surface area contributed by atoms with Crippen molar-refractivity contribution < 1.29 is 18.1 Å². The number of nitrogens with two attached hydrogens (primary N) is 1. The average molecular weight is 303 g/mol. The maximum atomic E-state index is 12.1. The lowest BCUT2D eigenvalue weighted by Gasteiger charge is -2.14. The number of rotatable bonds is 7. The van der Waals surface area contributed by atoms with E-state index in [0.29, 0.717) is 6.61 Å². The predicted octanol–water partition coefficient (Wildman–Crippen LogP) is 0.880. The lowest BCUT2D eigenvalue weighted by molar-refractivity contribution is -0.387. The summed E-state index contributed by atoms with van der Waals surface area (Å²) in [5.41, 5.74) is 5.00. The summed E-state index contributed by atoms with van der Waals surface area (Å²) in [6.45, 7) is 4.02. The zero-order valence-electron chi connectivity index (χ0n) is 11.2. The number of sulfonamides is 1. The smallest absolute Gasteiger partial charge is 0.291 e. The van der Waals surface area contributed by atoms with Gasteiger partial charge in [0.1, 0.15) is 0 Å². The van der Waals surface area contributed by atoms with Crippen LogP contribution in [0.4, 0.5) is 11.4 Å². The van der Waals surface area contributed by atoms with Gasteiger partial charge in [0, 0.05) is 24.4 Å². The van der Waals surface area contributed by atoms with Crippen molar-refractivity contribution in [3.05, 3.63) is 28.3 Å². The van der Waals surface area contributed by atoms with Crippen molar-refractivity contribution in [3.8, 4) is 0 Å². The second-order valence-electron chi connectivity index (χ2n) is 4.17. The molecule has 0 aliphatic heterocycles. The van der Waals surface area contributed by atoms with Crippen molar-refractivity contribution in [1.82, 2.24) is 4.72 Å². The number of hydrogen-bond acceptors (Lipinski definition) is 6. The van der Waals surface area contributed by atoms with Crippen LogP contribution in [0.3, 0.4) is 0 Å². The van der Waals surface area contributed by atoms with E-state index in [0.717, 1.165) is 12.1 Å². The second-order valence-corrected chi connectivity index (χ2v) is 5.85. The second kappa shape index (κ2) is 6.64. The molecule has 1 atom stereocenters. The molecule has 0 amide bonds. The first kappa shape index (κ1) is 16.3. The number of anilines is 1. The van der Waals surface area contributed by atoms with Crippen LogP contribution in [0.1, 0.15) is 13.8 Å². The van der Waals surface area contributed by atoms with Gasteiger partial charge in [0.2, 0.25) is 10.0 Å². The summed E-state index contributed by atoms with van der Waals surface area (Å²) in [5, 5.41) is 10.9. The van der Waals surface area contributed by atoms with Crippen LogP contribution in [-0.2, 0) is 14.8 Å². The number of nitrogens with one attached hydrogen (secondary N) is 1. The normalized spacial score (nSPS) is 13.1. The summed E-state index contributed by atoms with van der Waals surface area (Å²) in [6.07, 6.45) is 0. The van der Waals surface area contributed by atoms with Gasteiger partial charge in [-0.1, -0.05) is 0 Å². The number of nitro benzene ring substituents is 1. The summed E-state index contributed by atoms with van der Waals surface area (Å²) >= 11 is 0. The van der Waals surface area contributed by atoms with Crippen LogP contribution >= 0.6 is 0 Å². The van der Waals surface area contributed by atoms with Crippen molar-refractivity contribution >= 4 is 21.4 Å². The van der Waals surface area contributed by atoms with Crippen molar-refractivity contribution in [1.29, 1.82) is 0 Å². The third kappa shape index (κ3) is 4.15. The number of nitro groups is 1. The van der Waals surface area contributed by atoms with Crippen LogP contribution in [-0.4, -0.2) is 32.6 Å². The van der Waals surface area contributed by atoms with E-state index in [9.17, 15) is 18.5 Å². The van der Waals surface area contributed by atoms with Gasteiger partial charge in [-0.15, -0.1) is 0 Å². The molecule has 1 unspecified atom stereocenters. The molecule has 1 aromatic carbocycles. The predicted molar refractivity (Wildman–Crippen MR) is 73.8 cm³/mol. The lowest BCUT2D eigenvalue weighted by atomic mass is 10.3. The first-order valence-electron chi connectivity index (χ1n) is 5.92. The van der Waals surface area contributed by atoms with E-state index in [1.165, 1.54) is 6.07 Å². The van der Waals surface area contributed by atoms with Gasteiger partial charge in [-0.05, 0) is 26.0 Å². The zero-order chi connectivity index (χ0) is 15.3. The van der Waals surface area contributed by atoms with Gasteiger partial charge < -0.3 is 10.5 Å². The molecule has 0 aliphatic rings. The minimum atomic E-state index is -4.01. The molecule has 20 heavy (non-hydrogen) atoms. The van der Waals surface area contributed by atoms with Gasteiger partial charge in [0.15, 0.2) is 4.90 Å². The van der Waals surface area contributed by atoms with E-state index in [2.05, 4.69) is 4.72 Å². The molecule has 0 fully saturated rings. The first-order chi connectivity index (χ1) is 9.27. The maximum Gasteiger partial charge on any atom is 0.291 e. The highest BCUT2D eigenvalue weighted by atomic mass is 32.2.